The van der Waals surface area contributed by atoms with E-state index < -0.39 is 0 Å². The number of Topliss-reactive ketones (excluding diaryl/α,β-unsaturated/α-hetero) is 1. The summed E-state index contributed by atoms with van der Waals surface area (Å²) in [6, 6.07) is 0.567. The summed E-state index contributed by atoms with van der Waals surface area (Å²) in [5, 5.41) is 0. The SMILES string of the molecule is CC1CC(=O)CN(C)C1C. The molecule has 1 fully saturated rings. The van der Waals surface area contributed by atoms with Crippen LogP contribution in [-0.2, 0) is 4.79 Å². The average molecular weight is 141 g/mol. The lowest BCUT2D eigenvalue weighted by molar-refractivity contribution is -0.124. The molecule has 0 aromatic rings. The summed E-state index contributed by atoms with van der Waals surface area (Å²) in [5.74, 6) is 0.916. The number of ketones is 1. The molecule has 58 valence electrons. The number of carbonyl (C=O) groups excluding carboxylic acids is 1. The van der Waals surface area contributed by atoms with E-state index in [9.17, 15) is 4.79 Å². The smallest absolute Gasteiger partial charge is 0.147 e. The predicted octanol–water partition coefficient (Wildman–Crippen LogP) is 0.916. The van der Waals surface area contributed by atoms with E-state index in [1.54, 1.807) is 0 Å². The molecule has 2 unspecified atom stereocenters. The van der Waals surface area contributed by atoms with Gasteiger partial charge >= 0.3 is 0 Å². The fourth-order valence-corrected chi connectivity index (χ4v) is 1.45. The van der Waals surface area contributed by atoms with Gasteiger partial charge in [0.15, 0.2) is 0 Å². The van der Waals surface area contributed by atoms with E-state index in [-0.39, 0.29) is 0 Å². The van der Waals surface area contributed by atoms with Crippen molar-refractivity contribution >= 4 is 5.78 Å². The lowest BCUT2D eigenvalue weighted by atomic mass is 9.92. The molecule has 1 heterocycles. The minimum Gasteiger partial charge on any atom is -0.298 e. The van der Waals surface area contributed by atoms with Crippen molar-refractivity contribution in [2.75, 3.05) is 13.6 Å². The zero-order valence-electron chi connectivity index (χ0n) is 6.92. The molecule has 2 nitrogen and oxygen atoms in total. The van der Waals surface area contributed by atoms with E-state index >= 15 is 0 Å². The van der Waals surface area contributed by atoms with Crippen LogP contribution in [0.15, 0.2) is 0 Å². The van der Waals surface area contributed by atoms with Gasteiger partial charge in [0, 0.05) is 12.5 Å². The third kappa shape index (κ3) is 1.37. The fraction of sp³-hybridized carbons (Fsp3) is 0.875. The van der Waals surface area contributed by atoms with Gasteiger partial charge in [-0.05, 0) is 19.9 Å². The van der Waals surface area contributed by atoms with Crippen molar-refractivity contribution in [1.82, 2.24) is 4.90 Å². The summed E-state index contributed by atoms with van der Waals surface area (Å²) in [4.78, 5) is 13.1. The maximum Gasteiger partial charge on any atom is 0.147 e. The third-order valence-electron chi connectivity index (χ3n) is 2.49. The van der Waals surface area contributed by atoms with Crippen molar-refractivity contribution in [3.05, 3.63) is 0 Å². The number of likely N-dealkylation sites (tertiary alicyclic amines) is 1. The Bertz CT molecular complexity index is 130. The van der Waals surface area contributed by atoms with Crippen LogP contribution in [0.25, 0.3) is 0 Å². The Morgan fingerprint density at radius 1 is 1.50 bits per heavy atom. The Labute approximate surface area is 62.2 Å². The molecule has 2 atom stereocenters. The summed E-state index contributed by atoms with van der Waals surface area (Å²) < 4.78 is 0. The van der Waals surface area contributed by atoms with E-state index in [1.165, 1.54) is 0 Å². The van der Waals surface area contributed by atoms with Gasteiger partial charge in [-0.3, -0.25) is 9.69 Å². The molecule has 2 heteroatoms. The van der Waals surface area contributed by atoms with Crippen molar-refractivity contribution in [3.63, 3.8) is 0 Å². The number of rotatable bonds is 0. The Balaban J connectivity index is 2.57. The van der Waals surface area contributed by atoms with E-state index in [0.29, 0.717) is 24.3 Å². The molecule has 0 aromatic carbocycles. The Morgan fingerprint density at radius 3 is 2.60 bits per heavy atom. The van der Waals surface area contributed by atoms with Crippen molar-refractivity contribution in [3.8, 4) is 0 Å². The van der Waals surface area contributed by atoms with Crippen LogP contribution in [0, 0.1) is 5.92 Å². The van der Waals surface area contributed by atoms with E-state index in [2.05, 4.69) is 18.7 Å². The monoisotopic (exact) mass is 141 g/mol. The second kappa shape index (κ2) is 2.70. The van der Waals surface area contributed by atoms with Gasteiger partial charge in [-0.25, -0.2) is 0 Å². The predicted molar refractivity (Wildman–Crippen MR) is 40.9 cm³/mol. The van der Waals surface area contributed by atoms with Gasteiger partial charge in [0.05, 0.1) is 6.54 Å². The Hall–Kier alpha value is -0.370. The first-order chi connectivity index (χ1) is 4.61. The molecule has 1 saturated heterocycles. The molecule has 1 aliphatic rings. The molecule has 0 N–H and O–H groups in total. The lowest BCUT2D eigenvalue weighted by Gasteiger charge is -2.33. The minimum absolute atomic E-state index is 0.383. The van der Waals surface area contributed by atoms with Gasteiger partial charge in [0.2, 0.25) is 0 Å². The zero-order valence-corrected chi connectivity index (χ0v) is 6.92. The Kier molecular flexibility index (Phi) is 2.09. The molecule has 0 aliphatic carbocycles. The van der Waals surface area contributed by atoms with Crippen LogP contribution >= 0.6 is 0 Å². The number of hydrogen-bond acceptors (Lipinski definition) is 2. The molecule has 0 spiro atoms. The van der Waals surface area contributed by atoms with Crippen LogP contribution in [-0.4, -0.2) is 30.3 Å². The van der Waals surface area contributed by atoms with Gasteiger partial charge < -0.3 is 0 Å². The largest absolute Gasteiger partial charge is 0.298 e. The second-order valence-electron chi connectivity index (χ2n) is 3.38. The van der Waals surface area contributed by atoms with E-state index in [0.717, 1.165) is 6.42 Å². The minimum atomic E-state index is 0.383. The molecular formula is C8H15NO. The van der Waals surface area contributed by atoms with Gasteiger partial charge in [0.25, 0.3) is 0 Å². The molecule has 1 rings (SSSR count). The van der Waals surface area contributed by atoms with E-state index in [1.807, 2.05) is 7.05 Å². The topological polar surface area (TPSA) is 20.3 Å². The first-order valence-electron chi connectivity index (χ1n) is 3.83. The van der Waals surface area contributed by atoms with Crippen molar-refractivity contribution in [1.29, 1.82) is 0 Å². The number of hydrogen-bond donors (Lipinski definition) is 0. The molecular weight excluding hydrogens is 126 g/mol. The number of piperidine rings is 1. The first kappa shape index (κ1) is 7.73. The third-order valence-corrected chi connectivity index (χ3v) is 2.49. The van der Waals surface area contributed by atoms with Crippen LogP contribution in [0.5, 0.6) is 0 Å². The summed E-state index contributed by atoms with van der Waals surface area (Å²) in [5.41, 5.74) is 0. The highest BCUT2D eigenvalue weighted by Gasteiger charge is 2.26. The molecule has 0 aromatic heterocycles. The highest BCUT2D eigenvalue weighted by Crippen LogP contribution is 2.18. The normalized spacial score (nSPS) is 36.5. The molecule has 1 aliphatic heterocycles. The standard InChI is InChI=1S/C8H15NO/c1-6-4-8(10)5-9(3)7(6)2/h6-7H,4-5H2,1-3H3. The van der Waals surface area contributed by atoms with Gasteiger partial charge in [0.1, 0.15) is 5.78 Å². The van der Waals surface area contributed by atoms with Crippen LogP contribution < -0.4 is 0 Å². The van der Waals surface area contributed by atoms with Gasteiger partial charge in [-0.2, -0.15) is 0 Å². The van der Waals surface area contributed by atoms with Gasteiger partial charge in [-0.1, -0.05) is 6.92 Å². The van der Waals surface area contributed by atoms with Crippen LogP contribution in [0.2, 0.25) is 0 Å². The molecule has 0 bridgehead atoms. The number of carbonyl (C=O) groups is 1. The fourth-order valence-electron chi connectivity index (χ4n) is 1.45. The summed E-state index contributed by atoms with van der Waals surface area (Å²) in [7, 11) is 2.01. The summed E-state index contributed by atoms with van der Waals surface area (Å²) >= 11 is 0. The van der Waals surface area contributed by atoms with Crippen molar-refractivity contribution in [2.45, 2.75) is 26.3 Å². The van der Waals surface area contributed by atoms with Gasteiger partial charge in [-0.15, -0.1) is 0 Å². The first-order valence-corrected chi connectivity index (χ1v) is 3.83. The van der Waals surface area contributed by atoms with Crippen molar-refractivity contribution < 1.29 is 4.79 Å². The maximum absolute atomic E-state index is 11.0. The average Bonchev–Trinajstić information content (AvgIpc) is 1.82. The van der Waals surface area contributed by atoms with Crippen LogP contribution in [0.3, 0.4) is 0 Å². The van der Waals surface area contributed by atoms with Crippen LogP contribution in [0.1, 0.15) is 20.3 Å². The lowest BCUT2D eigenvalue weighted by Crippen LogP contribution is -2.44. The number of likely N-dealkylation sites (N-methyl/N-ethyl adjacent to an activating group) is 1. The van der Waals surface area contributed by atoms with Crippen molar-refractivity contribution in [2.24, 2.45) is 5.92 Å². The number of nitrogens with zero attached hydrogens (tertiary/aromatic N) is 1. The summed E-state index contributed by atoms with van der Waals surface area (Å²) in [6.45, 7) is 4.96. The highest BCUT2D eigenvalue weighted by atomic mass is 16.1. The van der Waals surface area contributed by atoms with E-state index in [4.69, 9.17) is 0 Å². The zero-order chi connectivity index (χ0) is 7.72. The maximum atomic E-state index is 11.0. The molecule has 0 amide bonds. The molecule has 0 saturated carbocycles. The second-order valence-corrected chi connectivity index (χ2v) is 3.38. The molecule has 0 radical (unpaired) electrons. The summed E-state index contributed by atoms with van der Waals surface area (Å²) in [6.07, 6.45) is 0.769. The van der Waals surface area contributed by atoms with Crippen LogP contribution in [0.4, 0.5) is 0 Å². The quantitative estimate of drug-likeness (QED) is 0.500. The Morgan fingerprint density at radius 2 is 2.10 bits per heavy atom. The highest BCUT2D eigenvalue weighted by molar-refractivity contribution is 5.81. The molecule has 10 heavy (non-hydrogen) atoms.